The van der Waals surface area contributed by atoms with E-state index in [1.54, 1.807) is 12.1 Å². The molecule has 2 amide bonds. The van der Waals surface area contributed by atoms with Gasteiger partial charge < -0.3 is 24.4 Å². The van der Waals surface area contributed by atoms with E-state index in [4.69, 9.17) is 25.8 Å². The molecule has 2 aromatic carbocycles. The molecule has 2 aliphatic rings. The quantitative estimate of drug-likeness (QED) is 0.494. The number of carbonyl (C=O) groups is 2. The van der Waals surface area contributed by atoms with Crippen LogP contribution in [0.3, 0.4) is 0 Å². The molecule has 3 aromatic rings. The number of aromatic nitrogens is 1. The fourth-order valence-corrected chi connectivity index (χ4v) is 4.79. The van der Waals surface area contributed by atoms with Crippen LogP contribution in [0, 0.1) is 0 Å². The van der Waals surface area contributed by atoms with Gasteiger partial charge in [-0.1, -0.05) is 35.9 Å². The van der Waals surface area contributed by atoms with Crippen molar-refractivity contribution < 1.29 is 23.8 Å². The molecule has 1 N–H and O–H groups in total. The lowest BCUT2D eigenvalue weighted by Gasteiger charge is -2.32. The smallest absolute Gasteiger partial charge is 0.269 e. The molecule has 192 valence electrons. The number of nitrogens with one attached hydrogen (secondary N) is 1. The van der Waals surface area contributed by atoms with Crippen molar-refractivity contribution in [3.8, 4) is 17.4 Å². The van der Waals surface area contributed by atoms with Crippen LogP contribution in [0.15, 0.2) is 60.8 Å². The number of rotatable bonds is 6. The summed E-state index contributed by atoms with van der Waals surface area (Å²) in [5.74, 6) is 1.47. The standard InChI is InChI=1S/C28H28ClN3O5/c1-2-35-27-22(15-20(29)16-30-27)28(34)32-13-11-19(12-14-32)18-7-9-21(10-8-18)31-26(33)25-17-36-23-5-3-4-6-24(23)37-25/h3-10,15-16,19,25H,2,11-14,17H2,1H3,(H,31,33). The molecule has 0 aliphatic carbocycles. The van der Waals surface area contributed by atoms with E-state index in [1.807, 2.05) is 54.3 Å². The Labute approximate surface area is 220 Å². The maximum atomic E-state index is 13.1. The Hall–Kier alpha value is -3.78. The summed E-state index contributed by atoms with van der Waals surface area (Å²) in [6.07, 6.45) is 2.44. The lowest BCUT2D eigenvalue weighted by atomic mass is 9.89. The van der Waals surface area contributed by atoms with E-state index in [2.05, 4.69) is 10.3 Å². The number of pyridine rings is 1. The molecule has 1 unspecified atom stereocenters. The highest BCUT2D eigenvalue weighted by atomic mass is 35.5. The van der Waals surface area contributed by atoms with Crippen molar-refractivity contribution in [1.29, 1.82) is 0 Å². The van der Waals surface area contributed by atoms with Crippen LogP contribution >= 0.6 is 11.6 Å². The van der Waals surface area contributed by atoms with Crippen LogP contribution in [0.5, 0.6) is 17.4 Å². The number of nitrogens with zero attached hydrogens (tertiary/aromatic N) is 2. The number of hydrogen-bond donors (Lipinski definition) is 1. The molecule has 37 heavy (non-hydrogen) atoms. The summed E-state index contributed by atoms with van der Waals surface area (Å²) in [5.41, 5.74) is 2.26. The Morgan fingerprint density at radius 3 is 2.57 bits per heavy atom. The average molecular weight is 522 g/mol. The summed E-state index contributed by atoms with van der Waals surface area (Å²) >= 11 is 6.08. The van der Waals surface area contributed by atoms with Crippen LogP contribution in [0.25, 0.3) is 0 Å². The van der Waals surface area contributed by atoms with Gasteiger partial charge in [0.15, 0.2) is 11.5 Å². The minimum Gasteiger partial charge on any atom is -0.485 e. The van der Waals surface area contributed by atoms with E-state index < -0.39 is 6.10 Å². The number of anilines is 1. The van der Waals surface area contributed by atoms with E-state index in [0.717, 1.165) is 12.8 Å². The second kappa shape index (κ2) is 11.1. The monoisotopic (exact) mass is 521 g/mol. The van der Waals surface area contributed by atoms with Gasteiger partial charge in [-0.15, -0.1) is 0 Å². The first kappa shape index (κ1) is 24.9. The molecule has 0 saturated carbocycles. The van der Waals surface area contributed by atoms with Crippen LogP contribution in [-0.2, 0) is 4.79 Å². The maximum Gasteiger partial charge on any atom is 0.269 e. The number of hydrogen-bond acceptors (Lipinski definition) is 6. The highest BCUT2D eigenvalue weighted by Gasteiger charge is 2.29. The highest BCUT2D eigenvalue weighted by molar-refractivity contribution is 6.30. The summed E-state index contributed by atoms with van der Waals surface area (Å²) in [5, 5.41) is 3.31. The third kappa shape index (κ3) is 5.64. The predicted molar refractivity (Wildman–Crippen MR) is 140 cm³/mol. The predicted octanol–water partition coefficient (Wildman–Crippen LogP) is 4.93. The van der Waals surface area contributed by atoms with E-state index in [9.17, 15) is 9.59 Å². The topological polar surface area (TPSA) is 90.0 Å². The molecule has 0 bridgehead atoms. The molecule has 8 nitrogen and oxygen atoms in total. The summed E-state index contributed by atoms with van der Waals surface area (Å²) in [6, 6.07) is 16.8. The lowest BCUT2D eigenvalue weighted by Crippen LogP contribution is -2.40. The first-order chi connectivity index (χ1) is 18.0. The highest BCUT2D eigenvalue weighted by Crippen LogP contribution is 2.32. The first-order valence-electron chi connectivity index (χ1n) is 12.4. The summed E-state index contributed by atoms with van der Waals surface area (Å²) in [6.45, 7) is 3.68. The molecule has 9 heteroatoms. The van der Waals surface area contributed by atoms with Gasteiger partial charge in [0.05, 0.1) is 11.6 Å². The fraction of sp³-hybridized carbons (Fsp3) is 0.321. The van der Waals surface area contributed by atoms with Gasteiger partial charge in [0, 0.05) is 25.0 Å². The fourth-order valence-electron chi connectivity index (χ4n) is 4.63. The van der Waals surface area contributed by atoms with Gasteiger partial charge in [0.2, 0.25) is 12.0 Å². The molecule has 1 aromatic heterocycles. The van der Waals surface area contributed by atoms with Crippen molar-refractivity contribution in [3.63, 3.8) is 0 Å². The van der Waals surface area contributed by atoms with Gasteiger partial charge in [0.1, 0.15) is 12.2 Å². The van der Waals surface area contributed by atoms with Crippen molar-refractivity contribution in [1.82, 2.24) is 9.88 Å². The number of likely N-dealkylation sites (tertiary alicyclic amines) is 1. The molecule has 3 heterocycles. The Morgan fingerprint density at radius 1 is 1.11 bits per heavy atom. The summed E-state index contributed by atoms with van der Waals surface area (Å²) in [7, 11) is 0. The molecular weight excluding hydrogens is 494 g/mol. The van der Waals surface area contributed by atoms with E-state index in [1.165, 1.54) is 11.8 Å². The number of para-hydroxylation sites is 2. The zero-order valence-electron chi connectivity index (χ0n) is 20.5. The van der Waals surface area contributed by atoms with Crippen molar-refractivity contribution in [2.45, 2.75) is 31.8 Å². The Morgan fingerprint density at radius 2 is 1.84 bits per heavy atom. The zero-order chi connectivity index (χ0) is 25.8. The Balaban J connectivity index is 1.16. The van der Waals surface area contributed by atoms with E-state index in [0.29, 0.717) is 59.3 Å². The normalized spacial score (nSPS) is 17.2. The van der Waals surface area contributed by atoms with Crippen molar-refractivity contribution in [2.75, 3.05) is 31.6 Å². The number of benzene rings is 2. The second-order valence-electron chi connectivity index (χ2n) is 8.98. The number of ether oxygens (including phenoxy) is 3. The number of piperidine rings is 1. The number of halogens is 1. The SMILES string of the molecule is CCOc1ncc(Cl)cc1C(=O)N1CCC(c2ccc(NC(=O)C3COc4ccccc4O3)cc2)CC1. The van der Waals surface area contributed by atoms with Crippen LogP contribution in [0.4, 0.5) is 5.69 Å². The average Bonchev–Trinajstić information content (AvgIpc) is 2.94. The van der Waals surface area contributed by atoms with Crippen LogP contribution in [-0.4, -0.2) is 54.1 Å². The van der Waals surface area contributed by atoms with E-state index in [-0.39, 0.29) is 18.4 Å². The van der Waals surface area contributed by atoms with Gasteiger partial charge in [-0.25, -0.2) is 4.98 Å². The minimum atomic E-state index is -0.714. The van der Waals surface area contributed by atoms with Crippen LogP contribution in [0.2, 0.25) is 5.02 Å². The van der Waals surface area contributed by atoms with Crippen molar-refractivity contribution in [3.05, 3.63) is 76.9 Å². The molecule has 0 spiro atoms. The summed E-state index contributed by atoms with van der Waals surface area (Å²) in [4.78, 5) is 31.8. The van der Waals surface area contributed by atoms with Gasteiger partial charge >= 0.3 is 0 Å². The maximum absolute atomic E-state index is 13.1. The summed E-state index contributed by atoms with van der Waals surface area (Å²) < 4.78 is 17.0. The molecule has 1 fully saturated rings. The lowest BCUT2D eigenvalue weighted by molar-refractivity contribution is -0.125. The van der Waals surface area contributed by atoms with Crippen molar-refractivity contribution >= 4 is 29.1 Å². The van der Waals surface area contributed by atoms with Gasteiger partial charge in [0.25, 0.3) is 11.8 Å². The Bertz CT molecular complexity index is 1280. The second-order valence-corrected chi connectivity index (χ2v) is 9.42. The van der Waals surface area contributed by atoms with Crippen LogP contribution in [0.1, 0.15) is 41.6 Å². The van der Waals surface area contributed by atoms with Gasteiger partial charge in [-0.3, -0.25) is 9.59 Å². The van der Waals surface area contributed by atoms with Gasteiger partial charge in [-0.05, 0) is 61.6 Å². The molecule has 2 aliphatic heterocycles. The van der Waals surface area contributed by atoms with E-state index >= 15 is 0 Å². The third-order valence-corrected chi connectivity index (χ3v) is 6.77. The van der Waals surface area contributed by atoms with Crippen molar-refractivity contribution in [2.24, 2.45) is 0 Å². The molecule has 1 saturated heterocycles. The molecule has 0 radical (unpaired) electrons. The number of fused-ring (bicyclic) bond motifs is 1. The van der Waals surface area contributed by atoms with Gasteiger partial charge in [-0.2, -0.15) is 0 Å². The zero-order valence-corrected chi connectivity index (χ0v) is 21.2. The first-order valence-corrected chi connectivity index (χ1v) is 12.8. The number of carbonyl (C=O) groups excluding carboxylic acids is 2. The number of amides is 2. The molecular formula is C28H28ClN3O5. The molecule has 1 atom stereocenters. The Kier molecular flexibility index (Phi) is 7.46. The van der Waals surface area contributed by atoms with Crippen LogP contribution < -0.4 is 19.5 Å². The molecule has 5 rings (SSSR count). The minimum absolute atomic E-state index is 0.119. The largest absolute Gasteiger partial charge is 0.485 e. The third-order valence-electron chi connectivity index (χ3n) is 6.56.